The highest BCUT2D eigenvalue weighted by Gasteiger charge is 2.36. The lowest BCUT2D eigenvalue weighted by Gasteiger charge is -2.46. The molecular formula is C17H32N2O. The average molecular weight is 280 g/mol. The number of hydrogen-bond donors (Lipinski definition) is 2. The molecule has 2 saturated heterocycles. The highest BCUT2D eigenvalue weighted by atomic mass is 16.3. The largest absolute Gasteiger partial charge is 0.392 e. The summed E-state index contributed by atoms with van der Waals surface area (Å²) in [4.78, 5) is 2.55. The molecule has 0 bridgehead atoms. The van der Waals surface area contributed by atoms with Crippen molar-refractivity contribution in [3.63, 3.8) is 0 Å². The Morgan fingerprint density at radius 2 is 1.95 bits per heavy atom. The third-order valence-corrected chi connectivity index (χ3v) is 5.85. The van der Waals surface area contributed by atoms with Crippen LogP contribution in [-0.2, 0) is 0 Å². The van der Waals surface area contributed by atoms with E-state index in [0.29, 0.717) is 5.41 Å². The van der Waals surface area contributed by atoms with E-state index in [2.05, 4.69) is 10.2 Å². The topological polar surface area (TPSA) is 35.5 Å². The Hall–Kier alpha value is -0.120. The SMILES string of the molecule is OC(CC1CCCC1)CN1CCCC2(CCCNC2)C1. The van der Waals surface area contributed by atoms with Crippen LogP contribution in [0.1, 0.15) is 57.8 Å². The van der Waals surface area contributed by atoms with E-state index in [0.717, 1.165) is 18.9 Å². The van der Waals surface area contributed by atoms with Crippen LogP contribution in [-0.4, -0.2) is 48.8 Å². The Bertz CT molecular complexity index is 290. The van der Waals surface area contributed by atoms with Gasteiger partial charge in [-0.3, -0.25) is 0 Å². The van der Waals surface area contributed by atoms with Gasteiger partial charge in [-0.1, -0.05) is 25.7 Å². The third kappa shape index (κ3) is 3.75. The molecule has 2 aliphatic heterocycles. The van der Waals surface area contributed by atoms with Gasteiger partial charge in [0.1, 0.15) is 0 Å². The van der Waals surface area contributed by atoms with Gasteiger partial charge >= 0.3 is 0 Å². The summed E-state index contributed by atoms with van der Waals surface area (Å²) >= 11 is 0. The van der Waals surface area contributed by atoms with Gasteiger partial charge in [-0.05, 0) is 56.5 Å². The maximum absolute atomic E-state index is 10.4. The van der Waals surface area contributed by atoms with E-state index in [9.17, 15) is 5.11 Å². The van der Waals surface area contributed by atoms with E-state index in [4.69, 9.17) is 0 Å². The summed E-state index contributed by atoms with van der Waals surface area (Å²) in [5.41, 5.74) is 0.517. The molecule has 1 aliphatic carbocycles. The summed E-state index contributed by atoms with van der Waals surface area (Å²) in [6.45, 7) is 5.72. The van der Waals surface area contributed by atoms with Crippen LogP contribution >= 0.6 is 0 Å². The molecule has 1 saturated carbocycles. The lowest BCUT2D eigenvalue weighted by atomic mass is 9.74. The highest BCUT2D eigenvalue weighted by molar-refractivity contribution is 4.92. The minimum absolute atomic E-state index is 0.0928. The predicted molar refractivity (Wildman–Crippen MR) is 82.8 cm³/mol. The summed E-state index contributed by atoms with van der Waals surface area (Å²) in [5.74, 6) is 0.806. The summed E-state index contributed by atoms with van der Waals surface area (Å²) in [5, 5.41) is 14.0. The molecule has 2 atom stereocenters. The molecule has 3 heteroatoms. The zero-order chi connectivity index (χ0) is 13.8. The number of aliphatic hydroxyl groups is 1. The number of likely N-dealkylation sites (tertiary alicyclic amines) is 1. The molecule has 0 amide bonds. The Morgan fingerprint density at radius 3 is 2.70 bits per heavy atom. The lowest BCUT2D eigenvalue weighted by Crippen LogP contribution is -2.52. The molecule has 20 heavy (non-hydrogen) atoms. The van der Waals surface area contributed by atoms with Crippen LogP contribution in [0, 0.1) is 11.3 Å². The molecule has 0 aromatic carbocycles. The Morgan fingerprint density at radius 1 is 1.15 bits per heavy atom. The number of piperidine rings is 2. The Labute approximate surface area is 124 Å². The van der Waals surface area contributed by atoms with E-state index < -0.39 is 0 Å². The van der Waals surface area contributed by atoms with E-state index in [1.807, 2.05) is 0 Å². The summed E-state index contributed by atoms with van der Waals surface area (Å²) in [6.07, 6.45) is 11.8. The molecule has 116 valence electrons. The molecule has 0 aromatic heterocycles. The maximum Gasteiger partial charge on any atom is 0.0669 e. The number of β-amino-alcohol motifs (C(OH)–C–C–N with tert-alkyl or cyclic N) is 1. The second kappa shape index (κ2) is 6.76. The van der Waals surface area contributed by atoms with Crippen LogP contribution in [0.5, 0.6) is 0 Å². The number of aliphatic hydroxyl groups excluding tert-OH is 1. The smallest absolute Gasteiger partial charge is 0.0669 e. The van der Waals surface area contributed by atoms with Crippen molar-refractivity contribution in [2.45, 2.75) is 63.9 Å². The minimum atomic E-state index is -0.0928. The number of nitrogens with zero attached hydrogens (tertiary/aromatic N) is 1. The van der Waals surface area contributed by atoms with Crippen LogP contribution < -0.4 is 5.32 Å². The summed E-state index contributed by atoms with van der Waals surface area (Å²) in [6, 6.07) is 0. The van der Waals surface area contributed by atoms with Crippen LogP contribution in [0.25, 0.3) is 0 Å². The normalized spacial score (nSPS) is 34.6. The van der Waals surface area contributed by atoms with Gasteiger partial charge < -0.3 is 15.3 Å². The number of nitrogens with one attached hydrogen (secondary N) is 1. The van der Waals surface area contributed by atoms with Gasteiger partial charge in [0, 0.05) is 19.6 Å². The molecule has 1 spiro atoms. The van der Waals surface area contributed by atoms with Gasteiger partial charge in [0.25, 0.3) is 0 Å². The molecule has 2 N–H and O–H groups in total. The van der Waals surface area contributed by atoms with E-state index in [-0.39, 0.29) is 6.10 Å². The number of hydrogen-bond acceptors (Lipinski definition) is 3. The molecule has 3 nitrogen and oxygen atoms in total. The van der Waals surface area contributed by atoms with Gasteiger partial charge in [-0.2, -0.15) is 0 Å². The fraction of sp³-hybridized carbons (Fsp3) is 1.00. The standard InChI is InChI=1S/C17H32N2O/c20-16(11-15-5-1-2-6-15)12-19-10-4-8-17(14-19)7-3-9-18-13-17/h15-16,18,20H,1-14H2. The molecule has 2 heterocycles. The van der Waals surface area contributed by atoms with Crippen LogP contribution in [0.15, 0.2) is 0 Å². The Balaban J connectivity index is 1.46. The summed E-state index contributed by atoms with van der Waals surface area (Å²) < 4.78 is 0. The van der Waals surface area contributed by atoms with Crippen molar-refractivity contribution < 1.29 is 5.11 Å². The summed E-state index contributed by atoms with van der Waals surface area (Å²) in [7, 11) is 0. The monoisotopic (exact) mass is 280 g/mol. The first-order valence-electron chi connectivity index (χ1n) is 8.87. The molecule has 3 aliphatic rings. The predicted octanol–water partition coefficient (Wildman–Crippen LogP) is 2.39. The Kier molecular flexibility index (Phi) is 5.00. The zero-order valence-electron chi connectivity index (χ0n) is 12.9. The van der Waals surface area contributed by atoms with Crippen molar-refractivity contribution >= 4 is 0 Å². The van der Waals surface area contributed by atoms with Gasteiger partial charge in [0.2, 0.25) is 0 Å². The van der Waals surface area contributed by atoms with Crippen molar-refractivity contribution in [1.29, 1.82) is 0 Å². The maximum atomic E-state index is 10.4. The second-order valence-corrected chi connectivity index (χ2v) is 7.66. The molecule has 0 radical (unpaired) electrons. The zero-order valence-corrected chi connectivity index (χ0v) is 12.9. The molecule has 3 rings (SSSR count). The van der Waals surface area contributed by atoms with Crippen molar-refractivity contribution in [1.82, 2.24) is 10.2 Å². The van der Waals surface area contributed by atoms with Crippen molar-refractivity contribution in [3.05, 3.63) is 0 Å². The third-order valence-electron chi connectivity index (χ3n) is 5.85. The second-order valence-electron chi connectivity index (χ2n) is 7.66. The van der Waals surface area contributed by atoms with E-state index in [1.54, 1.807) is 0 Å². The fourth-order valence-corrected chi connectivity index (χ4v) is 4.85. The average Bonchev–Trinajstić information content (AvgIpc) is 2.92. The van der Waals surface area contributed by atoms with Crippen LogP contribution in [0.4, 0.5) is 0 Å². The van der Waals surface area contributed by atoms with Gasteiger partial charge in [-0.15, -0.1) is 0 Å². The van der Waals surface area contributed by atoms with Gasteiger partial charge in [-0.25, -0.2) is 0 Å². The first-order valence-corrected chi connectivity index (χ1v) is 8.87. The van der Waals surface area contributed by atoms with E-state index >= 15 is 0 Å². The van der Waals surface area contributed by atoms with Crippen molar-refractivity contribution in [2.24, 2.45) is 11.3 Å². The fourth-order valence-electron chi connectivity index (χ4n) is 4.85. The lowest BCUT2D eigenvalue weighted by molar-refractivity contribution is 0.0249. The molecule has 0 aromatic rings. The molecule has 2 unspecified atom stereocenters. The van der Waals surface area contributed by atoms with Gasteiger partial charge in [0.05, 0.1) is 6.10 Å². The molecule has 3 fully saturated rings. The van der Waals surface area contributed by atoms with Crippen LogP contribution in [0.3, 0.4) is 0 Å². The minimum Gasteiger partial charge on any atom is -0.392 e. The van der Waals surface area contributed by atoms with E-state index in [1.165, 1.54) is 77.5 Å². The first kappa shape index (κ1) is 14.8. The van der Waals surface area contributed by atoms with Gasteiger partial charge in [0.15, 0.2) is 0 Å². The highest BCUT2D eigenvalue weighted by Crippen LogP contribution is 2.36. The molecular weight excluding hydrogens is 248 g/mol. The quantitative estimate of drug-likeness (QED) is 0.830. The number of rotatable bonds is 4. The van der Waals surface area contributed by atoms with Crippen molar-refractivity contribution in [2.75, 3.05) is 32.7 Å². The first-order chi connectivity index (χ1) is 9.76. The van der Waals surface area contributed by atoms with Crippen molar-refractivity contribution in [3.8, 4) is 0 Å². The van der Waals surface area contributed by atoms with Crippen LogP contribution in [0.2, 0.25) is 0 Å².